The monoisotopic (exact) mass is 539 g/mol. The number of nitrogens with one attached hydrogen (secondary N) is 1. The first-order chi connectivity index (χ1) is 18.7. The fraction of sp³-hybridized carbons (Fsp3) is 0.548. The molecule has 0 aromatic heterocycles. The van der Waals surface area contributed by atoms with E-state index < -0.39 is 5.67 Å². The molecule has 0 saturated carbocycles. The van der Waals surface area contributed by atoms with E-state index in [2.05, 4.69) is 22.3 Å². The van der Waals surface area contributed by atoms with E-state index in [1.165, 1.54) is 0 Å². The van der Waals surface area contributed by atoms with E-state index in [1.54, 1.807) is 25.7 Å². The van der Waals surface area contributed by atoms with Crippen LogP contribution in [0.15, 0.2) is 48.5 Å². The first-order valence-electron chi connectivity index (χ1n) is 14.2. The van der Waals surface area contributed by atoms with Crippen molar-refractivity contribution in [1.82, 2.24) is 9.80 Å². The summed E-state index contributed by atoms with van der Waals surface area (Å²) in [6.07, 6.45) is 2.84. The summed E-state index contributed by atoms with van der Waals surface area (Å²) in [5.41, 5.74) is 1.55. The Bertz CT molecular complexity index is 1090. The first kappa shape index (κ1) is 28.9. The number of hydrogen-bond donors (Lipinski definition) is 1. The van der Waals surface area contributed by atoms with Crippen LogP contribution in [-0.4, -0.2) is 73.4 Å². The second-order valence-corrected chi connectivity index (χ2v) is 11.3. The maximum absolute atomic E-state index is 14.1. The van der Waals surface area contributed by atoms with Crippen LogP contribution in [0.25, 0.3) is 11.1 Å². The minimum atomic E-state index is -1.18. The summed E-state index contributed by atoms with van der Waals surface area (Å²) in [5.74, 6) is 0.937. The lowest BCUT2D eigenvalue weighted by Crippen LogP contribution is -2.42. The highest BCUT2D eigenvalue weighted by molar-refractivity contribution is 5.93. The molecule has 212 valence electrons. The first-order valence-corrected chi connectivity index (χ1v) is 14.2. The lowest BCUT2D eigenvalue weighted by Gasteiger charge is -2.34. The van der Waals surface area contributed by atoms with E-state index in [0.717, 1.165) is 42.8 Å². The molecule has 0 unspecified atom stereocenters. The molecular weight excluding hydrogens is 497 g/mol. The van der Waals surface area contributed by atoms with Crippen molar-refractivity contribution in [3.8, 4) is 16.9 Å². The second-order valence-electron chi connectivity index (χ2n) is 11.3. The van der Waals surface area contributed by atoms with Gasteiger partial charge in [-0.2, -0.15) is 0 Å². The highest BCUT2D eigenvalue weighted by Gasteiger charge is 2.29. The van der Waals surface area contributed by atoms with Crippen LogP contribution in [0.3, 0.4) is 0 Å². The number of ether oxygens (including phenoxy) is 2. The predicted molar refractivity (Wildman–Crippen MR) is 152 cm³/mol. The predicted octanol–water partition coefficient (Wildman–Crippen LogP) is 6.00. The van der Waals surface area contributed by atoms with Crippen molar-refractivity contribution in [1.29, 1.82) is 0 Å². The molecule has 2 fully saturated rings. The Morgan fingerprint density at radius 2 is 1.69 bits per heavy atom. The van der Waals surface area contributed by atoms with E-state index in [-0.39, 0.29) is 17.9 Å². The number of halogens is 1. The van der Waals surface area contributed by atoms with Crippen molar-refractivity contribution in [2.24, 2.45) is 11.8 Å². The number of likely N-dealkylation sites (tertiary alicyclic amines) is 2. The van der Waals surface area contributed by atoms with Gasteiger partial charge >= 0.3 is 6.09 Å². The highest BCUT2D eigenvalue weighted by Crippen LogP contribution is 2.34. The molecule has 0 spiro atoms. The van der Waals surface area contributed by atoms with Gasteiger partial charge in [0, 0.05) is 42.9 Å². The molecule has 2 aliphatic heterocycles. The van der Waals surface area contributed by atoms with Crippen LogP contribution in [0.1, 0.15) is 46.5 Å². The Morgan fingerprint density at radius 1 is 1.00 bits per heavy atom. The summed E-state index contributed by atoms with van der Waals surface area (Å²) in [7, 11) is 0. The molecule has 2 amide bonds. The van der Waals surface area contributed by atoms with Crippen LogP contribution in [0.2, 0.25) is 0 Å². The summed E-state index contributed by atoms with van der Waals surface area (Å²) in [5, 5.41) is 3.07. The Morgan fingerprint density at radius 3 is 2.33 bits per heavy atom. The number of carbonyl (C=O) groups excluding carboxylic acids is 2. The summed E-state index contributed by atoms with van der Waals surface area (Å²) in [4.78, 5) is 28.9. The van der Waals surface area contributed by atoms with Gasteiger partial charge in [-0.05, 0) is 83.2 Å². The molecule has 7 nitrogen and oxygen atoms in total. The minimum Gasteiger partial charge on any atom is -0.493 e. The molecule has 2 aliphatic rings. The molecule has 0 radical (unpaired) electrons. The fourth-order valence-corrected chi connectivity index (χ4v) is 5.41. The molecule has 2 heterocycles. The lowest BCUT2D eigenvalue weighted by molar-refractivity contribution is -0.121. The van der Waals surface area contributed by atoms with Gasteiger partial charge < -0.3 is 24.6 Å². The van der Waals surface area contributed by atoms with Gasteiger partial charge in [-0.25, -0.2) is 9.18 Å². The third-order valence-electron chi connectivity index (χ3n) is 7.51. The van der Waals surface area contributed by atoms with Gasteiger partial charge in [0.25, 0.3) is 0 Å². The summed E-state index contributed by atoms with van der Waals surface area (Å²) >= 11 is 0. The number of piperidine rings is 2. The number of carbonyl (C=O) groups is 2. The van der Waals surface area contributed by atoms with E-state index in [9.17, 15) is 14.0 Å². The van der Waals surface area contributed by atoms with Crippen LogP contribution in [0.5, 0.6) is 5.75 Å². The van der Waals surface area contributed by atoms with E-state index in [4.69, 9.17) is 9.47 Å². The van der Waals surface area contributed by atoms with Crippen molar-refractivity contribution < 1.29 is 23.5 Å². The van der Waals surface area contributed by atoms with Crippen LogP contribution in [-0.2, 0) is 9.53 Å². The largest absolute Gasteiger partial charge is 0.493 e. The zero-order chi connectivity index (χ0) is 27.8. The minimum absolute atomic E-state index is 0.0416. The molecule has 0 bridgehead atoms. The average Bonchev–Trinajstić information content (AvgIpc) is 2.92. The molecular formula is C31H42FN3O4. The maximum Gasteiger partial charge on any atom is 0.409 e. The number of nitrogens with zero attached hydrogens (tertiary/aromatic N) is 2. The van der Waals surface area contributed by atoms with Gasteiger partial charge in [0.1, 0.15) is 11.4 Å². The zero-order valence-electron chi connectivity index (χ0n) is 23.5. The van der Waals surface area contributed by atoms with Crippen LogP contribution < -0.4 is 10.1 Å². The smallest absolute Gasteiger partial charge is 0.409 e. The van der Waals surface area contributed by atoms with Crippen molar-refractivity contribution >= 4 is 17.7 Å². The standard InChI is InChI=1S/C31H42FN3O4/c1-4-38-30(37)35-18-14-25(15-19-35)29(36)33-26-10-11-27(24-8-6-5-7-9-24)28(20-26)39-21-23-12-16-34(17-13-23)22-31(2,3)32/h5-11,20,23,25H,4,12-19,21-22H2,1-3H3,(H,33,36). The second kappa shape index (κ2) is 13.3. The number of alkyl halides is 1. The van der Waals surface area contributed by atoms with Crippen LogP contribution in [0.4, 0.5) is 14.9 Å². The van der Waals surface area contributed by atoms with Crippen LogP contribution in [0, 0.1) is 11.8 Å². The average molecular weight is 540 g/mol. The van der Waals surface area contributed by atoms with Crippen molar-refractivity contribution in [2.75, 3.05) is 51.3 Å². The van der Waals surface area contributed by atoms with Gasteiger partial charge in [-0.3, -0.25) is 4.79 Å². The molecule has 0 atom stereocenters. The topological polar surface area (TPSA) is 71.1 Å². The zero-order valence-corrected chi connectivity index (χ0v) is 23.5. The summed E-state index contributed by atoms with van der Waals surface area (Å²) in [6, 6.07) is 15.9. The van der Waals surface area contributed by atoms with Gasteiger partial charge in [0.15, 0.2) is 0 Å². The van der Waals surface area contributed by atoms with Crippen molar-refractivity contribution in [3.05, 3.63) is 48.5 Å². The number of benzene rings is 2. The number of anilines is 1. The Labute approximate surface area is 231 Å². The number of hydrogen-bond acceptors (Lipinski definition) is 5. The normalized spacial score (nSPS) is 17.6. The Balaban J connectivity index is 1.38. The number of rotatable bonds is 9. The molecule has 4 rings (SSSR count). The van der Waals surface area contributed by atoms with Gasteiger partial charge in [-0.1, -0.05) is 30.3 Å². The molecule has 39 heavy (non-hydrogen) atoms. The molecule has 2 aromatic carbocycles. The van der Waals surface area contributed by atoms with Gasteiger partial charge in [0.05, 0.1) is 13.2 Å². The third-order valence-corrected chi connectivity index (χ3v) is 7.51. The Kier molecular flexibility index (Phi) is 9.83. The SMILES string of the molecule is CCOC(=O)N1CCC(C(=O)Nc2ccc(-c3ccccc3)c(OCC3CCN(CC(C)(C)F)CC3)c2)CC1. The highest BCUT2D eigenvalue weighted by atomic mass is 19.1. The van der Waals surface area contributed by atoms with Crippen molar-refractivity contribution in [3.63, 3.8) is 0 Å². The molecule has 8 heteroatoms. The molecule has 0 aliphatic carbocycles. The number of amides is 2. The van der Waals surface area contributed by atoms with E-state index in [0.29, 0.717) is 57.3 Å². The molecule has 2 aromatic rings. The molecule has 2 saturated heterocycles. The van der Waals surface area contributed by atoms with Crippen molar-refractivity contribution in [2.45, 2.75) is 52.1 Å². The van der Waals surface area contributed by atoms with Gasteiger partial charge in [-0.15, -0.1) is 0 Å². The van der Waals surface area contributed by atoms with E-state index >= 15 is 0 Å². The quantitative estimate of drug-likeness (QED) is 0.423. The third kappa shape index (κ3) is 8.43. The Hall–Kier alpha value is -3.13. The summed E-state index contributed by atoms with van der Waals surface area (Å²) in [6.45, 7) is 9.21. The maximum atomic E-state index is 14.1. The van der Waals surface area contributed by atoms with Crippen LogP contribution >= 0.6 is 0 Å². The fourth-order valence-electron chi connectivity index (χ4n) is 5.41. The summed E-state index contributed by atoms with van der Waals surface area (Å²) < 4.78 is 25.5. The lowest BCUT2D eigenvalue weighted by atomic mass is 9.96. The molecule has 1 N–H and O–H groups in total. The van der Waals surface area contributed by atoms with E-state index in [1.807, 2.05) is 36.4 Å². The van der Waals surface area contributed by atoms with Gasteiger partial charge in [0.2, 0.25) is 5.91 Å².